The van der Waals surface area contributed by atoms with Gasteiger partial charge in [-0.25, -0.2) is 0 Å². The normalized spacial score (nSPS) is 10.7. The van der Waals surface area contributed by atoms with E-state index in [9.17, 15) is 9.90 Å². The van der Waals surface area contributed by atoms with Gasteiger partial charge < -0.3 is 15.2 Å². The molecule has 0 bridgehead atoms. The van der Waals surface area contributed by atoms with Crippen molar-refractivity contribution in [1.82, 2.24) is 15.1 Å². The SMILES string of the molecule is COc1cc(C(=O)NCc2cn(Cc3ccccc3)nc2-c2ccccc2)cc(Br)c1O. The molecule has 6 nitrogen and oxygen atoms in total. The second kappa shape index (κ2) is 9.70. The monoisotopic (exact) mass is 491 g/mol. The van der Waals surface area contributed by atoms with Gasteiger partial charge in [0.15, 0.2) is 11.5 Å². The minimum absolute atomic E-state index is 0.0439. The third-order valence-electron chi connectivity index (χ3n) is 5.02. The molecular weight excluding hydrogens is 470 g/mol. The van der Waals surface area contributed by atoms with E-state index in [0.717, 1.165) is 22.4 Å². The van der Waals surface area contributed by atoms with Crippen molar-refractivity contribution in [2.24, 2.45) is 0 Å². The molecule has 1 aromatic heterocycles. The number of phenols is 1. The Kier molecular flexibility index (Phi) is 6.56. The molecular formula is C25H22BrN3O3. The fraction of sp³-hybridized carbons (Fsp3) is 0.120. The smallest absolute Gasteiger partial charge is 0.251 e. The van der Waals surface area contributed by atoms with Gasteiger partial charge in [-0.15, -0.1) is 0 Å². The maximum absolute atomic E-state index is 12.8. The van der Waals surface area contributed by atoms with Crippen molar-refractivity contribution in [3.05, 3.63) is 100 Å². The molecule has 0 saturated carbocycles. The van der Waals surface area contributed by atoms with Gasteiger partial charge in [0.25, 0.3) is 5.91 Å². The summed E-state index contributed by atoms with van der Waals surface area (Å²) in [7, 11) is 1.44. The summed E-state index contributed by atoms with van der Waals surface area (Å²) in [5.74, 6) is -0.0957. The summed E-state index contributed by atoms with van der Waals surface area (Å²) in [4.78, 5) is 12.8. The maximum atomic E-state index is 12.8. The number of aromatic nitrogens is 2. The van der Waals surface area contributed by atoms with Crippen molar-refractivity contribution in [2.45, 2.75) is 13.1 Å². The molecule has 0 fully saturated rings. The van der Waals surface area contributed by atoms with Crippen LogP contribution in [0.4, 0.5) is 0 Å². The number of benzene rings is 3. The number of hydrogen-bond acceptors (Lipinski definition) is 4. The molecule has 0 aliphatic rings. The summed E-state index contributed by atoms with van der Waals surface area (Å²) in [6.45, 7) is 0.940. The lowest BCUT2D eigenvalue weighted by Gasteiger charge is -2.10. The summed E-state index contributed by atoms with van der Waals surface area (Å²) in [5, 5.41) is 17.7. The lowest BCUT2D eigenvalue weighted by atomic mass is 10.1. The number of phenolic OH excluding ortho intramolecular Hbond substituents is 1. The van der Waals surface area contributed by atoms with Crippen LogP contribution in [0, 0.1) is 0 Å². The number of rotatable bonds is 7. The number of nitrogens with one attached hydrogen (secondary N) is 1. The predicted octanol–water partition coefficient (Wildman–Crippen LogP) is 5.01. The van der Waals surface area contributed by atoms with Gasteiger partial charge in [-0.2, -0.15) is 5.10 Å². The minimum atomic E-state index is -0.279. The molecule has 0 aliphatic heterocycles. The average molecular weight is 492 g/mol. The van der Waals surface area contributed by atoms with Crippen LogP contribution in [0.15, 0.2) is 83.5 Å². The molecule has 3 aromatic carbocycles. The zero-order valence-electron chi connectivity index (χ0n) is 17.5. The van der Waals surface area contributed by atoms with Crippen molar-refractivity contribution in [3.63, 3.8) is 0 Å². The van der Waals surface area contributed by atoms with Crippen LogP contribution < -0.4 is 10.1 Å². The van der Waals surface area contributed by atoms with Gasteiger partial charge >= 0.3 is 0 Å². The van der Waals surface area contributed by atoms with E-state index < -0.39 is 0 Å². The Labute approximate surface area is 194 Å². The number of ether oxygens (including phenoxy) is 1. The van der Waals surface area contributed by atoms with Crippen LogP contribution in [0.2, 0.25) is 0 Å². The maximum Gasteiger partial charge on any atom is 0.251 e. The van der Waals surface area contributed by atoms with Gasteiger partial charge in [-0.05, 0) is 33.6 Å². The van der Waals surface area contributed by atoms with Crippen molar-refractivity contribution in [3.8, 4) is 22.8 Å². The zero-order chi connectivity index (χ0) is 22.5. The van der Waals surface area contributed by atoms with Gasteiger partial charge in [0.1, 0.15) is 0 Å². The Morgan fingerprint density at radius 3 is 2.47 bits per heavy atom. The lowest BCUT2D eigenvalue weighted by Crippen LogP contribution is -2.23. The molecule has 162 valence electrons. The topological polar surface area (TPSA) is 76.4 Å². The second-order valence-electron chi connectivity index (χ2n) is 7.24. The first-order valence-electron chi connectivity index (χ1n) is 10.1. The molecule has 4 aromatic rings. The van der Waals surface area contributed by atoms with E-state index in [2.05, 4.69) is 33.4 Å². The number of hydrogen-bond donors (Lipinski definition) is 2. The van der Waals surface area contributed by atoms with Gasteiger partial charge in [0.2, 0.25) is 0 Å². The number of halogens is 1. The fourth-order valence-electron chi connectivity index (χ4n) is 3.42. The molecule has 0 spiro atoms. The van der Waals surface area contributed by atoms with Gasteiger partial charge in [0, 0.05) is 29.4 Å². The van der Waals surface area contributed by atoms with Gasteiger partial charge in [0.05, 0.1) is 23.8 Å². The average Bonchev–Trinajstić information content (AvgIpc) is 3.22. The molecule has 2 N–H and O–H groups in total. The van der Waals surface area contributed by atoms with Crippen LogP contribution in [0.25, 0.3) is 11.3 Å². The molecule has 1 amide bonds. The van der Waals surface area contributed by atoms with Crippen molar-refractivity contribution >= 4 is 21.8 Å². The largest absolute Gasteiger partial charge is 0.503 e. The van der Waals surface area contributed by atoms with E-state index in [1.54, 1.807) is 6.07 Å². The molecule has 1 heterocycles. The highest BCUT2D eigenvalue weighted by molar-refractivity contribution is 9.10. The third kappa shape index (κ3) is 4.84. The van der Waals surface area contributed by atoms with Crippen LogP contribution in [-0.2, 0) is 13.1 Å². The van der Waals surface area contributed by atoms with Crippen molar-refractivity contribution in [1.29, 1.82) is 0 Å². The standard InChI is InChI=1S/C25H22BrN3O3/c1-32-22-13-19(12-21(26)24(22)30)25(31)27-14-20-16-29(15-17-8-4-2-5-9-17)28-23(20)18-10-6-3-7-11-18/h2-13,16,30H,14-15H2,1H3,(H,27,31). The van der Waals surface area contributed by atoms with E-state index in [4.69, 9.17) is 9.84 Å². The summed E-state index contributed by atoms with van der Waals surface area (Å²) >= 11 is 3.26. The Balaban J connectivity index is 1.58. The zero-order valence-corrected chi connectivity index (χ0v) is 19.0. The first kappa shape index (κ1) is 21.6. The number of aromatic hydroxyl groups is 1. The fourth-order valence-corrected chi connectivity index (χ4v) is 3.86. The third-order valence-corrected chi connectivity index (χ3v) is 5.63. The van der Waals surface area contributed by atoms with Crippen LogP contribution in [0.3, 0.4) is 0 Å². The Morgan fingerprint density at radius 1 is 1.09 bits per heavy atom. The highest BCUT2D eigenvalue weighted by Gasteiger charge is 2.16. The highest BCUT2D eigenvalue weighted by atomic mass is 79.9. The minimum Gasteiger partial charge on any atom is -0.503 e. The van der Waals surface area contributed by atoms with Crippen molar-refractivity contribution < 1.29 is 14.6 Å². The molecule has 0 unspecified atom stereocenters. The molecule has 0 radical (unpaired) electrons. The van der Waals surface area contributed by atoms with E-state index in [1.807, 2.05) is 59.4 Å². The molecule has 0 saturated heterocycles. The number of nitrogens with zero attached hydrogens (tertiary/aromatic N) is 2. The van der Waals surface area contributed by atoms with Crippen LogP contribution in [0.1, 0.15) is 21.5 Å². The number of carbonyl (C=O) groups excluding carboxylic acids is 1. The molecule has 7 heteroatoms. The summed E-state index contributed by atoms with van der Waals surface area (Å²) in [5.41, 5.74) is 4.24. The summed E-state index contributed by atoms with van der Waals surface area (Å²) in [6, 6.07) is 23.1. The predicted molar refractivity (Wildman–Crippen MR) is 127 cm³/mol. The quantitative estimate of drug-likeness (QED) is 0.381. The van der Waals surface area contributed by atoms with E-state index in [1.165, 1.54) is 13.2 Å². The molecule has 0 atom stereocenters. The van der Waals surface area contributed by atoms with E-state index in [0.29, 0.717) is 23.1 Å². The van der Waals surface area contributed by atoms with E-state index >= 15 is 0 Å². The molecule has 4 rings (SSSR count). The number of amides is 1. The first-order chi connectivity index (χ1) is 15.5. The van der Waals surface area contributed by atoms with Crippen LogP contribution in [0.5, 0.6) is 11.5 Å². The van der Waals surface area contributed by atoms with Crippen molar-refractivity contribution in [2.75, 3.05) is 7.11 Å². The second-order valence-corrected chi connectivity index (χ2v) is 8.10. The molecule has 0 aliphatic carbocycles. The number of methoxy groups -OCH3 is 1. The Morgan fingerprint density at radius 2 is 1.78 bits per heavy atom. The summed E-state index contributed by atoms with van der Waals surface area (Å²) in [6.07, 6.45) is 1.96. The van der Waals surface area contributed by atoms with Gasteiger partial charge in [-0.1, -0.05) is 60.7 Å². The Bertz CT molecular complexity index is 1220. The lowest BCUT2D eigenvalue weighted by molar-refractivity contribution is 0.0950. The van der Waals surface area contributed by atoms with Crippen LogP contribution in [-0.4, -0.2) is 27.9 Å². The number of carbonyl (C=O) groups is 1. The van der Waals surface area contributed by atoms with Gasteiger partial charge in [-0.3, -0.25) is 9.48 Å². The van der Waals surface area contributed by atoms with E-state index in [-0.39, 0.29) is 17.4 Å². The highest BCUT2D eigenvalue weighted by Crippen LogP contribution is 2.35. The first-order valence-corrected chi connectivity index (χ1v) is 10.8. The molecule has 32 heavy (non-hydrogen) atoms. The summed E-state index contributed by atoms with van der Waals surface area (Å²) < 4.78 is 7.42. The van der Waals surface area contributed by atoms with Crippen LogP contribution >= 0.6 is 15.9 Å². The Hall–Kier alpha value is -3.58.